The molecule has 2 N–H and O–H groups in total. The van der Waals surface area contributed by atoms with E-state index in [1.165, 1.54) is 4.31 Å². The largest absolute Gasteiger partial charge is 0.346 e. The second-order valence-electron chi connectivity index (χ2n) is 9.53. The van der Waals surface area contributed by atoms with Crippen molar-refractivity contribution in [3.8, 4) is 11.1 Å². The lowest BCUT2D eigenvalue weighted by Crippen LogP contribution is -2.51. The number of carbonyl (C=O) groups is 2. The van der Waals surface area contributed by atoms with E-state index < -0.39 is 10.0 Å². The first-order valence-electron chi connectivity index (χ1n) is 12.5. The smallest absolute Gasteiger partial charge is 0.228 e. The summed E-state index contributed by atoms with van der Waals surface area (Å²) in [6.07, 6.45) is 4.53. The van der Waals surface area contributed by atoms with Crippen LogP contribution in [-0.2, 0) is 26.0 Å². The Bertz CT molecular complexity index is 1370. The monoisotopic (exact) mass is 509 g/mol. The molecule has 2 aliphatic rings. The summed E-state index contributed by atoms with van der Waals surface area (Å²) in [6, 6.07) is 11.7. The molecule has 1 saturated heterocycles. The van der Waals surface area contributed by atoms with Gasteiger partial charge >= 0.3 is 0 Å². The van der Waals surface area contributed by atoms with Crippen molar-refractivity contribution < 1.29 is 18.0 Å². The number of aromatic nitrogens is 2. The van der Waals surface area contributed by atoms with Crippen molar-refractivity contribution >= 4 is 38.7 Å². The molecule has 2 aromatic heterocycles. The van der Waals surface area contributed by atoms with Gasteiger partial charge in [-0.25, -0.2) is 13.4 Å². The molecule has 36 heavy (non-hydrogen) atoms. The van der Waals surface area contributed by atoms with Gasteiger partial charge in [-0.2, -0.15) is 4.31 Å². The van der Waals surface area contributed by atoms with Crippen LogP contribution in [0.2, 0.25) is 0 Å². The molecule has 1 aliphatic carbocycles. The van der Waals surface area contributed by atoms with E-state index in [1.54, 1.807) is 4.90 Å². The first-order valence-corrected chi connectivity index (χ1v) is 14.1. The first kappa shape index (κ1) is 24.5. The highest BCUT2D eigenvalue weighted by molar-refractivity contribution is 7.89. The Morgan fingerprint density at radius 2 is 1.81 bits per heavy atom. The zero-order valence-electron chi connectivity index (χ0n) is 20.4. The molecule has 1 saturated carbocycles. The second-order valence-corrected chi connectivity index (χ2v) is 11.6. The van der Waals surface area contributed by atoms with Crippen LogP contribution in [0.3, 0.4) is 0 Å². The Morgan fingerprint density at radius 3 is 2.47 bits per heavy atom. The van der Waals surface area contributed by atoms with Crippen molar-refractivity contribution in [3.63, 3.8) is 0 Å². The third-order valence-corrected chi connectivity index (χ3v) is 8.87. The van der Waals surface area contributed by atoms with Gasteiger partial charge in [0.15, 0.2) is 0 Å². The fourth-order valence-corrected chi connectivity index (χ4v) is 6.10. The van der Waals surface area contributed by atoms with Gasteiger partial charge in [-0.3, -0.25) is 9.59 Å². The maximum atomic E-state index is 12.9. The number of aromatic amines is 1. The number of carbonyl (C=O) groups excluding carboxylic acids is 2. The van der Waals surface area contributed by atoms with E-state index in [2.05, 4.69) is 15.3 Å². The number of nitrogens with one attached hydrogen (secondary N) is 2. The lowest BCUT2D eigenvalue weighted by molar-refractivity contribution is -0.131. The average Bonchev–Trinajstić information content (AvgIpc) is 3.62. The number of nitrogens with zero attached hydrogens (tertiary/aromatic N) is 3. The number of amides is 2. The fraction of sp³-hybridized carbons (Fsp3) is 0.423. The zero-order valence-corrected chi connectivity index (χ0v) is 21.2. The maximum Gasteiger partial charge on any atom is 0.228 e. The molecular weight excluding hydrogens is 478 g/mol. The van der Waals surface area contributed by atoms with Gasteiger partial charge in [-0.1, -0.05) is 31.2 Å². The van der Waals surface area contributed by atoms with E-state index >= 15 is 0 Å². The highest BCUT2D eigenvalue weighted by Crippen LogP contribution is 2.33. The minimum Gasteiger partial charge on any atom is -0.346 e. The van der Waals surface area contributed by atoms with Gasteiger partial charge in [-0.05, 0) is 48.1 Å². The number of piperazine rings is 1. The Hall–Kier alpha value is -3.24. The van der Waals surface area contributed by atoms with Crippen LogP contribution in [0.25, 0.3) is 22.2 Å². The zero-order chi connectivity index (χ0) is 25.3. The number of anilines is 1. The highest BCUT2D eigenvalue weighted by atomic mass is 32.2. The second kappa shape index (κ2) is 10.0. The van der Waals surface area contributed by atoms with Crippen LogP contribution < -0.4 is 5.32 Å². The van der Waals surface area contributed by atoms with Crippen LogP contribution in [0.15, 0.2) is 42.6 Å². The minimum atomic E-state index is -3.23. The van der Waals surface area contributed by atoms with Crippen molar-refractivity contribution in [1.29, 1.82) is 0 Å². The lowest BCUT2D eigenvalue weighted by Gasteiger charge is -2.34. The van der Waals surface area contributed by atoms with E-state index in [0.717, 1.165) is 34.9 Å². The van der Waals surface area contributed by atoms with Crippen LogP contribution >= 0.6 is 0 Å². The van der Waals surface area contributed by atoms with Crippen LogP contribution in [0.4, 0.5) is 5.82 Å². The molecule has 1 aromatic carbocycles. The molecule has 9 nitrogen and oxygen atoms in total. The summed E-state index contributed by atoms with van der Waals surface area (Å²) in [6.45, 7) is 3.38. The number of pyridine rings is 1. The Kier molecular flexibility index (Phi) is 6.81. The van der Waals surface area contributed by atoms with Gasteiger partial charge in [0.25, 0.3) is 0 Å². The van der Waals surface area contributed by atoms with Gasteiger partial charge in [0.1, 0.15) is 11.5 Å². The van der Waals surface area contributed by atoms with Crippen molar-refractivity contribution in [2.75, 3.05) is 37.2 Å². The fourth-order valence-electron chi connectivity index (χ4n) is 4.61. The molecule has 0 bridgehead atoms. The number of hydrogen-bond donors (Lipinski definition) is 2. The molecule has 3 aromatic rings. The molecule has 1 aliphatic heterocycles. The number of sulfonamides is 1. The third-order valence-electron chi connectivity index (χ3n) is 6.80. The summed E-state index contributed by atoms with van der Waals surface area (Å²) >= 11 is 0. The van der Waals surface area contributed by atoms with E-state index in [-0.39, 0.29) is 29.9 Å². The van der Waals surface area contributed by atoms with Crippen molar-refractivity contribution in [2.24, 2.45) is 5.92 Å². The number of hydrogen-bond acceptors (Lipinski definition) is 5. The molecule has 0 radical (unpaired) electrons. The molecule has 0 unspecified atom stereocenters. The van der Waals surface area contributed by atoms with Crippen molar-refractivity contribution in [1.82, 2.24) is 19.2 Å². The summed E-state index contributed by atoms with van der Waals surface area (Å²) in [7, 11) is -3.23. The predicted octanol–water partition coefficient (Wildman–Crippen LogP) is 3.00. The molecule has 0 atom stereocenters. The van der Waals surface area contributed by atoms with Crippen molar-refractivity contribution in [3.05, 3.63) is 48.2 Å². The molecule has 190 valence electrons. The molecule has 10 heteroatoms. The standard InChI is InChI=1S/C26H31N5O4S/c1-2-15-36(34,35)31-13-11-30(12-14-31)24(32)16-18-3-5-19(6-4-18)22-17-23(29-26(33)20-7-8-20)28-25-21(22)9-10-27-25/h3-6,9-10,17,20H,2,7-8,11-16H2,1H3,(H2,27,28,29,33). The molecule has 2 amide bonds. The minimum absolute atomic E-state index is 0.00250. The summed E-state index contributed by atoms with van der Waals surface area (Å²) in [4.78, 5) is 34.5. The van der Waals surface area contributed by atoms with E-state index in [4.69, 9.17) is 0 Å². The van der Waals surface area contributed by atoms with Gasteiger partial charge < -0.3 is 15.2 Å². The van der Waals surface area contributed by atoms with Crippen LogP contribution in [-0.4, -0.2) is 71.3 Å². The van der Waals surface area contributed by atoms with E-state index in [9.17, 15) is 18.0 Å². The summed E-state index contributed by atoms with van der Waals surface area (Å²) in [5.74, 6) is 0.773. The van der Waals surface area contributed by atoms with Crippen LogP contribution in [0.1, 0.15) is 31.7 Å². The molecule has 0 spiro atoms. The Morgan fingerprint density at radius 1 is 1.08 bits per heavy atom. The lowest BCUT2D eigenvalue weighted by atomic mass is 10.0. The Labute approximate surface area is 210 Å². The SMILES string of the molecule is CCCS(=O)(=O)N1CCN(C(=O)Cc2ccc(-c3cc(NC(=O)C4CC4)nc4[nH]ccc34)cc2)CC1. The molecule has 2 fully saturated rings. The van der Waals surface area contributed by atoms with Gasteiger partial charge in [0.05, 0.1) is 12.2 Å². The highest BCUT2D eigenvalue weighted by Gasteiger charge is 2.30. The normalized spacial score (nSPS) is 16.9. The van der Waals surface area contributed by atoms with Gasteiger partial charge in [0, 0.05) is 43.7 Å². The molecule has 3 heterocycles. The third kappa shape index (κ3) is 5.29. The summed E-state index contributed by atoms with van der Waals surface area (Å²) in [5, 5.41) is 3.89. The maximum absolute atomic E-state index is 12.9. The van der Waals surface area contributed by atoms with Crippen molar-refractivity contribution in [2.45, 2.75) is 32.6 Å². The summed E-state index contributed by atoms with van der Waals surface area (Å²) < 4.78 is 26.0. The van der Waals surface area contributed by atoms with Crippen LogP contribution in [0, 0.1) is 5.92 Å². The number of rotatable bonds is 8. The van der Waals surface area contributed by atoms with Gasteiger partial charge in [-0.15, -0.1) is 0 Å². The molecular formula is C26H31N5O4S. The average molecular weight is 510 g/mol. The number of benzene rings is 1. The quantitative estimate of drug-likeness (QED) is 0.484. The molecule has 5 rings (SSSR count). The Balaban J connectivity index is 1.25. The number of fused-ring (bicyclic) bond motifs is 1. The number of H-pyrrole nitrogens is 1. The van der Waals surface area contributed by atoms with Crippen LogP contribution in [0.5, 0.6) is 0 Å². The van der Waals surface area contributed by atoms with E-state index in [1.807, 2.05) is 49.5 Å². The first-order chi connectivity index (χ1) is 17.3. The predicted molar refractivity (Wildman–Crippen MR) is 139 cm³/mol. The van der Waals surface area contributed by atoms with Gasteiger partial charge in [0.2, 0.25) is 21.8 Å². The topological polar surface area (TPSA) is 115 Å². The summed E-state index contributed by atoms with van der Waals surface area (Å²) in [5.41, 5.74) is 3.52. The van der Waals surface area contributed by atoms with E-state index in [0.29, 0.717) is 44.1 Å².